The second-order valence-electron chi connectivity index (χ2n) is 5.93. The van der Waals surface area contributed by atoms with Gasteiger partial charge in [0.25, 0.3) is 0 Å². The molecule has 2 aliphatic heterocycles. The molecule has 2 aliphatic rings. The number of benzene rings is 1. The van der Waals surface area contributed by atoms with Gasteiger partial charge >= 0.3 is 0 Å². The van der Waals surface area contributed by atoms with E-state index in [4.69, 9.17) is 9.47 Å². The molecule has 0 saturated heterocycles. The highest BCUT2D eigenvalue weighted by molar-refractivity contribution is 6.02. The van der Waals surface area contributed by atoms with Gasteiger partial charge in [0.2, 0.25) is 6.79 Å². The molecule has 0 aromatic heterocycles. The summed E-state index contributed by atoms with van der Waals surface area (Å²) >= 11 is 0. The van der Waals surface area contributed by atoms with Crippen molar-refractivity contribution in [3.05, 3.63) is 23.8 Å². The third kappa shape index (κ3) is 1.61. The van der Waals surface area contributed by atoms with E-state index in [-0.39, 0.29) is 12.3 Å². The minimum Gasteiger partial charge on any atom is -0.457 e. The third-order valence-electron chi connectivity index (χ3n) is 4.25. The Morgan fingerprint density at radius 3 is 2.58 bits per heavy atom. The minimum atomic E-state index is -0.473. The van der Waals surface area contributed by atoms with E-state index in [1.165, 1.54) is 5.06 Å². The van der Waals surface area contributed by atoms with E-state index < -0.39 is 5.54 Å². The molecule has 1 aromatic rings. The van der Waals surface area contributed by atoms with Crippen LogP contribution in [0.1, 0.15) is 33.3 Å². The van der Waals surface area contributed by atoms with Crippen LogP contribution in [0.2, 0.25) is 0 Å². The molecule has 2 heterocycles. The van der Waals surface area contributed by atoms with E-state index in [9.17, 15) is 5.21 Å². The van der Waals surface area contributed by atoms with Crippen molar-refractivity contribution in [1.82, 2.24) is 5.06 Å². The predicted molar refractivity (Wildman–Crippen MR) is 70.9 cm³/mol. The van der Waals surface area contributed by atoms with E-state index in [0.29, 0.717) is 11.6 Å². The second-order valence-corrected chi connectivity index (χ2v) is 5.93. The summed E-state index contributed by atoms with van der Waals surface area (Å²) in [6.45, 7) is 8.14. The highest BCUT2D eigenvalue weighted by atomic mass is 16.7. The van der Waals surface area contributed by atoms with Gasteiger partial charge in [-0.05, 0) is 39.8 Å². The Bertz CT molecular complexity index is 564. The van der Waals surface area contributed by atoms with Crippen molar-refractivity contribution in [2.75, 3.05) is 6.79 Å². The summed E-state index contributed by atoms with van der Waals surface area (Å²) in [5.74, 6) is 2.00. The lowest BCUT2D eigenvalue weighted by atomic mass is 9.84. The fourth-order valence-corrected chi connectivity index (χ4v) is 2.20. The Hall–Kier alpha value is -1.75. The first-order valence-electron chi connectivity index (χ1n) is 6.32. The fraction of sp³-hybridized carbons (Fsp3) is 0.500. The van der Waals surface area contributed by atoms with E-state index >= 15 is 0 Å². The SMILES string of the molecule is CC1(C)N=C(c2ccc3cc2OCO3)N(O)C1(C)C. The highest BCUT2D eigenvalue weighted by Gasteiger charge is 2.49. The molecule has 1 aromatic carbocycles. The number of ether oxygens (including phenoxy) is 2. The van der Waals surface area contributed by atoms with E-state index in [0.717, 1.165) is 11.3 Å². The number of rotatable bonds is 1. The van der Waals surface area contributed by atoms with Gasteiger partial charge in [0.1, 0.15) is 11.5 Å². The van der Waals surface area contributed by atoms with Crippen LogP contribution in [0.3, 0.4) is 0 Å². The topological polar surface area (TPSA) is 54.3 Å². The highest BCUT2D eigenvalue weighted by Crippen LogP contribution is 2.40. The molecule has 0 aliphatic carbocycles. The van der Waals surface area contributed by atoms with Crippen molar-refractivity contribution >= 4 is 5.84 Å². The summed E-state index contributed by atoms with van der Waals surface area (Å²) in [5, 5.41) is 11.7. The molecule has 0 spiro atoms. The van der Waals surface area contributed by atoms with E-state index in [1.807, 2.05) is 45.9 Å². The van der Waals surface area contributed by atoms with Gasteiger partial charge in [0.05, 0.1) is 16.6 Å². The summed E-state index contributed by atoms with van der Waals surface area (Å²) in [5.41, 5.74) is -0.0693. The monoisotopic (exact) mass is 262 g/mol. The first kappa shape index (κ1) is 12.3. The van der Waals surface area contributed by atoms with Crippen molar-refractivity contribution < 1.29 is 14.7 Å². The van der Waals surface area contributed by atoms with Crippen LogP contribution in [0, 0.1) is 0 Å². The third-order valence-corrected chi connectivity index (χ3v) is 4.25. The van der Waals surface area contributed by atoms with Crippen LogP contribution in [-0.4, -0.2) is 34.0 Å². The molecule has 0 saturated carbocycles. The summed E-state index contributed by atoms with van der Waals surface area (Å²) < 4.78 is 10.7. The fourth-order valence-electron chi connectivity index (χ4n) is 2.20. The summed E-state index contributed by atoms with van der Waals surface area (Å²) in [7, 11) is 0. The maximum atomic E-state index is 10.4. The molecule has 5 nitrogen and oxygen atoms in total. The van der Waals surface area contributed by atoms with E-state index in [2.05, 4.69) is 4.99 Å². The molecule has 2 bridgehead atoms. The first-order valence-corrected chi connectivity index (χ1v) is 6.32. The number of hydroxylamine groups is 2. The van der Waals surface area contributed by atoms with Crippen LogP contribution in [0.15, 0.2) is 23.2 Å². The summed E-state index contributed by atoms with van der Waals surface area (Å²) in [4.78, 5) is 4.66. The molecule has 1 N–H and O–H groups in total. The zero-order chi connectivity index (χ0) is 13.8. The average molecular weight is 262 g/mol. The summed E-state index contributed by atoms with van der Waals surface area (Å²) in [6.07, 6.45) is 0. The Morgan fingerprint density at radius 2 is 1.95 bits per heavy atom. The molecule has 0 atom stereocenters. The quantitative estimate of drug-likeness (QED) is 0.844. The van der Waals surface area contributed by atoms with Gasteiger partial charge < -0.3 is 9.47 Å². The number of fused-ring (bicyclic) bond motifs is 2. The smallest absolute Gasteiger partial charge is 0.230 e. The van der Waals surface area contributed by atoms with Crippen molar-refractivity contribution in [2.45, 2.75) is 38.8 Å². The van der Waals surface area contributed by atoms with Gasteiger partial charge in [0.15, 0.2) is 5.84 Å². The summed E-state index contributed by atoms with van der Waals surface area (Å²) in [6, 6.07) is 5.53. The zero-order valence-electron chi connectivity index (χ0n) is 11.6. The van der Waals surface area contributed by atoms with Crippen molar-refractivity contribution in [2.24, 2.45) is 4.99 Å². The van der Waals surface area contributed by atoms with Crippen molar-refractivity contribution in [3.8, 4) is 11.5 Å². The molecule has 0 unspecified atom stereocenters. The van der Waals surface area contributed by atoms with Gasteiger partial charge in [-0.25, -0.2) is 5.06 Å². The molecule has 0 radical (unpaired) electrons. The zero-order valence-corrected chi connectivity index (χ0v) is 11.6. The number of hydrogen-bond acceptors (Lipinski definition) is 5. The van der Waals surface area contributed by atoms with Crippen LogP contribution < -0.4 is 9.47 Å². The molecule has 5 heteroatoms. The predicted octanol–water partition coefficient (Wildman–Crippen LogP) is 2.42. The lowest BCUT2D eigenvalue weighted by molar-refractivity contribution is -0.0993. The molecular weight excluding hydrogens is 244 g/mol. The molecule has 3 rings (SSSR count). The van der Waals surface area contributed by atoms with Gasteiger partial charge in [-0.2, -0.15) is 0 Å². The van der Waals surface area contributed by atoms with Crippen LogP contribution in [0.4, 0.5) is 0 Å². The van der Waals surface area contributed by atoms with Crippen molar-refractivity contribution in [3.63, 3.8) is 0 Å². The Labute approximate surface area is 112 Å². The molecular formula is C14H18N2O3. The largest absolute Gasteiger partial charge is 0.457 e. The Kier molecular flexibility index (Phi) is 2.35. The van der Waals surface area contributed by atoms with Crippen LogP contribution >= 0.6 is 0 Å². The van der Waals surface area contributed by atoms with Crippen molar-refractivity contribution in [1.29, 1.82) is 0 Å². The van der Waals surface area contributed by atoms with E-state index in [1.54, 1.807) is 0 Å². The molecule has 19 heavy (non-hydrogen) atoms. The lowest BCUT2D eigenvalue weighted by Crippen LogP contribution is -2.51. The van der Waals surface area contributed by atoms with Crippen LogP contribution in [-0.2, 0) is 0 Å². The maximum absolute atomic E-state index is 10.4. The van der Waals surface area contributed by atoms with Gasteiger partial charge in [0, 0.05) is 6.07 Å². The number of amidine groups is 1. The molecule has 0 amide bonds. The van der Waals surface area contributed by atoms with Gasteiger partial charge in [-0.1, -0.05) is 0 Å². The Balaban J connectivity index is 2.09. The van der Waals surface area contributed by atoms with Crippen LogP contribution in [0.5, 0.6) is 11.5 Å². The molecule has 102 valence electrons. The normalized spacial score (nSPS) is 22.6. The van der Waals surface area contributed by atoms with Crippen LogP contribution in [0.25, 0.3) is 0 Å². The average Bonchev–Trinajstić information content (AvgIpc) is 2.50. The van der Waals surface area contributed by atoms with Gasteiger partial charge in [-0.15, -0.1) is 0 Å². The molecule has 0 fully saturated rings. The minimum absolute atomic E-state index is 0.195. The number of nitrogens with zero attached hydrogens (tertiary/aromatic N) is 2. The van der Waals surface area contributed by atoms with Gasteiger partial charge in [-0.3, -0.25) is 10.2 Å². The Morgan fingerprint density at radius 1 is 1.21 bits per heavy atom. The lowest BCUT2D eigenvalue weighted by Gasteiger charge is -2.37. The standard InChI is InChI=1S/C14H18N2O3/c1-13(2)14(3,4)16(17)12(15-13)10-6-5-9-7-11(10)19-8-18-9/h5-7,17H,8H2,1-4H3. The maximum Gasteiger partial charge on any atom is 0.230 e. The second kappa shape index (κ2) is 3.63. The first-order chi connectivity index (χ1) is 8.83. The number of aliphatic imine (C=N–C) groups is 1. The number of hydrogen-bond donors (Lipinski definition) is 1.